The van der Waals surface area contributed by atoms with E-state index >= 15 is 0 Å². The van der Waals surface area contributed by atoms with E-state index in [0.29, 0.717) is 12.2 Å². The molecule has 0 radical (unpaired) electrons. The molecule has 0 aliphatic carbocycles. The summed E-state index contributed by atoms with van der Waals surface area (Å²) in [5.74, 6) is -0.339. The van der Waals surface area contributed by atoms with Crippen LogP contribution in [-0.4, -0.2) is 63.5 Å². The molecule has 7 heteroatoms. The second-order valence-corrected chi connectivity index (χ2v) is 7.81. The zero-order chi connectivity index (χ0) is 16.9. The summed E-state index contributed by atoms with van der Waals surface area (Å²) in [5.41, 5.74) is 2.77. The normalized spacial score (nSPS) is 12.0. The van der Waals surface area contributed by atoms with Crippen LogP contribution >= 0.6 is 0 Å². The lowest BCUT2D eigenvalue weighted by Gasteiger charge is -2.21. The van der Waals surface area contributed by atoms with Gasteiger partial charge in [-0.25, -0.2) is 8.42 Å². The first-order valence-corrected chi connectivity index (χ1v) is 8.91. The van der Waals surface area contributed by atoms with E-state index in [0.717, 1.165) is 17.4 Å². The number of benzene rings is 1. The fourth-order valence-corrected chi connectivity index (χ4v) is 2.85. The molecule has 0 aliphatic rings. The molecule has 0 fully saturated rings. The van der Waals surface area contributed by atoms with Crippen molar-refractivity contribution in [3.63, 3.8) is 0 Å². The van der Waals surface area contributed by atoms with E-state index in [2.05, 4.69) is 5.32 Å². The van der Waals surface area contributed by atoms with Gasteiger partial charge >= 0.3 is 0 Å². The number of sulfonamides is 1. The van der Waals surface area contributed by atoms with Gasteiger partial charge in [-0.2, -0.15) is 4.31 Å². The van der Waals surface area contributed by atoms with Gasteiger partial charge in [0.1, 0.15) is 0 Å². The highest BCUT2D eigenvalue weighted by Gasteiger charge is 2.20. The molecule has 0 aromatic heterocycles. The van der Waals surface area contributed by atoms with Crippen LogP contribution in [-0.2, 0) is 14.8 Å². The topological polar surface area (TPSA) is 69.7 Å². The minimum absolute atomic E-state index is 0.181. The van der Waals surface area contributed by atoms with Gasteiger partial charge in [0.05, 0.1) is 12.8 Å². The number of nitrogens with zero attached hydrogens (tertiary/aromatic N) is 2. The molecule has 0 heterocycles. The van der Waals surface area contributed by atoms with Crippen LogP contribution in [0.3, 0.4) is 0 Å². The van der Waals surface area contributed by atoms with E-state index in [-0.39, 0.29) is 19.0 Å². The molecule has 1 aromatic rings. The number of hydrogen-bond donors (Lipinski definition) is 1. The Morgan fingerprint density at radius 2 is 1.64 bits per heavy atom. The van der Waals surface area contributed by atoms with Crippen molar-refractivity contribution in [1.82, 2.24) is 9.21 Å². The van der Waals surface area contributed by atoms with Crippen LogP contribution in [0.25, 0.3) is 0 Å². The maximum Gasteiger partial charge on any atom is 0.239 e. The maximum atomic E-state index is 12.1. The van der Waals surface area contributed by atoms with Crippen LogP contribution in [0.15, 0.2) is 18.2 Å². The number of rotatable bonds is 7. The van der Waals surface area contributed by atoms with Crippen LogP contribution in [0.2, 0.25) is 0 Å². The molecule has 0 unspecified atom stereocenters. The second-order valence-electron chi connectivity index (χ2n) is 5.82. The largest absolute Gasteiger partial charge is 0.325 e. The lowest BCUT2D eigenvalue weighted by atomic mass is 10.1. The summed E-state index contributed by atoms with van der Waals surface area (Å²) in [7, 11) is 0.296. The Labute approximate surface area is 133 Å². The first-order valence-electron chi connectivity index (χ1n) is 7.06. The molecule has 1 rings (SSSR count). The van der Waals surface area contributed by atoms with E-state index in [9.17, 15) is 13.2 Å². The average molecular weight is 327 g/mol. The van der Waals surface area contributed by atoms with Crippen LogP contribution in [0.4, 0.5) is 5.69 Å². The average Bonchev–Trinajstić information content (AvgIpc) is 2.31. The van der Waals surface area contributed by atoms with Crippen LogP contribution in [0.1, 0.15) is 11.1 Å². The molecule has 6 nitrogen and oxygen atoms in total. The van der Waals surface area contributed by atoms with Gasteiger partial charge in [-0.1, -0.05) is 6.07 Å². The van der Waals surface area contributed by atoms with Crippen molar-refractivity contribution in [2.75, 3.05) is 45.3 Å². The summed E-state index contributed by atoms with van der Waals surface area (Å²) >= 11 is 0. The summed E-state index contributed by atoms with van der Waals surface area (Å²) in [6.45, 7) is 4.56. The van der Waals surface area contributed by atoms with E-state index < -0.39 is 10.0 Å². The molecule has 0 bridgehead atoms. The van der Waals surface area contributed by atoms with E-state index in [1.807, 2.05) is 51.0 Å². The van der Waals surface area contributed by atoms with Crippen molar-refractivity contribution in [1.29, 1.82) is 0 Å². The number of carbonyl (C=O) groups excluding carboxylic acids is 1. The third kappa shape index (κ3) is 6.55. The standard InChI is InChI=1S/C15H25N3O3S/c1-12-8-13(2)10-14(9-12)16-15(19)11-18(22(5,20)21)7-6-17(3)4/h8-10H,6-7,11H2,1-5H3,(H,16,19). The Morgan fingerprint density at radius 1 is 1.09 bits per heavy atom. The predicted octanol–water partition coefficient (Wildman–Crippen LogP) is 1.07. The zero-order valence-electron chi connectivity index (χ0n) is 13.9. The molecular formula is C15H25N3O3S. The van der Waals surface area contributed by atoms with Crippen LogP contribution in [0, 0.1) is 13.8 Å². The summed E-state index contributed by atoms with van der Waals surface area (Å²) in [6.07, 6.45) is 1.12. The van der Waals surface area contributed by atoms with Gasteiger partial charge < -0.3 is 10.2 Å². The Hall–Kier alpha value is -1.44. The van der Waals surface area contributed by atoms with E-state index in [1.165, 1.54) is 4.31 Å². The van der Waals surface area contributed by atoms with E-state index in [4.69, 9.17) is 0 Å². The minimum atomic E-state index is -3.42. The minimum Gasteiger partial charge on any atom is -0.325 e. The molecule has 0 aliphatic heterocycles. The van der Waals surface area contributed by atoms with Crippen molar-refractivity contribution in [3.05, 3.63) is 29.3 Å². The van der Waals surface area contributed by atoms with Gasteiger partial charge in [0, 0.05) is 18.8 Å². The lowest BCUT2D eigenvalue weighted by Crippen LogP contribution is -2.41. The fourth-order valence-electron chi connectivity index (χ4n) is 2.08. The number of nitrogens with one attached hydrogen (secondary N) is 1. The number of hydrogen-bond acceptors (Lipinski definition) is 4. The highest BCUT2D eigenvalue weighted by Crippen LogP contribution is 2.13. The molecule has 0 atom stereocenters. The zero-order valence-corrected chi connectivity index (χ0v) is 14.7. The number of amides is 1. The Bertz CT molecular complexity index is 607. The summed E-state index contributed by atoms with van der Waals surface area (Å²) in [6, 6.07) is 5.72. The number of likely N-dealkylation sites (N-methyl/N-ethyl adjacent to an activating group) is 1. The number of carbonyl (C=O) groups is 1. The molecular weight excluding hydrogens is 302 g/mol. The van der Waals surface area contributed by atoms with Gasteiger partial charge in [-0.05, 0) is 51.2 Å². The van der Waals surface area contributed by atoms with Gasteiger partial charge in [0.2, 0.25) is 15.9 Å². The lowest BCUT2D eigenvalue weighted by molar-refractivity contribution is -0.116. The predicted molar refractivity (Wildman–Crippen MR) is 89.5 cm³/mol. The molecule has 0 saturated carbocycles. The third-order valence-electron chi connectivity index (χ3n) is 3.09. The highest BCUT2D eigenvalue weighted by molar-refractivity contribution is 7.88. The van der Waals surface area contributed by atoms with Gasteiger partial charge in [0.25, 0.3) is 0 Å². The van der Waals surface area contributed by atoms with Gasteiger partial charge in [-0.15, -0.1) is 0 Å². The SMILES string of the molecule is Cc1cc(C)cc(NC(=O)CN(CCN(C)C)S(C)(=O)=O)c1. The van der Waals surface area contributed by atoms with Crippen molar-refractivity contribution < 1.29 is 13.2 Å². The van der Waals surface area contributed by atoms with Crippen LogP contribution < -0.4 is 5.32 Å². The number of aryl methyl sites for hydroxylation is 2. The Kier molecular flexibility index (Phi) is 6.52. The molecule has 0 spiro atoms. The molecule has 22 heavy (non-hydrogen) atoms. The smallest absolute Gasteiger partial charge is 0.239 e. The summed E-state index contributed by atoms with van der Waals surface area (Å²) < 4.78 is 24.7. The van der Waals surface area contributed by atoms with Crippen molar-refractivity contribution in [2.24, 2.45) is 0 Å². The van der Waals surface area contributed by atoms with Gasteiger partial charge in [0.15, 0.2) is 0 Å². The third-order valence-corrected chi connectivity index (χ3v) is 4.34. The maximum absolute atomic E-state index is 12.1. The van der Waals surface area contributed by atoms with Gasteiger partial charge in [-0.3, -0.25) is 4.79 Å². The van der Waals surface area contributed by atoms with Crippen molar-refractivity contribution in [3.8, 4) is 0 Å². The first-order chi connectivity index (χ1) is 10.1. The Morgan fingerprint density at radius 3 is 2.09 bits per heavy atom. The summed E-state index contributed by atoms with van der Waals surface area (Å²) in [4.78, 5) is 14.0. The second kappa shape index (κ2) is 7.71. The van der Waals surface area contributed by atoms with E-state index in [1.54, 1.807) is 0 Å². The first kappa shape index (κ1) is 18.6. The molecule has 1 N–H and O–H groups in total. The van der Waals surface area contributed by atoms with Crippen LogP contribution in [0.5, 0.6) is 0 Å². The molecule has 124 valence electrons. The fraction of sp³-hybridized carbons (Fsp3) is 0.533. The number of anilines is 1. The highest BCUT2D eigenvalue weighted by atomic mass is 32.2. The molecule has 1 aromatic carbocycles. The monoisotopic (exact) mass is 327 g/mol. The Balaban J connectivity index is 2.74. The van der Waals surface area contributed by atoms with Crippen molar-refractivity contribution >= 4 is 21.6 Å². The van der Waals surface area contributed by atoms with Crippen molar-refractivity contribution in [2.45, 2.75) is 13.8 Å². The molecule has 0 saturated heterocycles. The molecule has 1 amide bonds. The quantitative estimate of drug-likeness (QED) is 0.813. The summed E-state index contributed by atoms with van der Waals surface area (Å²) in [5, 5.41) is 2.76.